The summed E-state index contributed by atoms with van der Waals surface area (Å²) in [6, 6.07) is 1.42. The van der Waals surface area contributed by atoms with E-state index in [2.05, 4.69) is 20.4 Å². The Hall–Kier alpha value is -2.09. The SMILES string of the molecule is CCn1nc(C)c(CNC(=O)[C@H](C)Sc2nc(C)cc(=O)[nH]2)c1C. The van der Waals surface area contributed by atoms with Gasteiger partial charge in [0.15, 0.2) is 5.16 Å². The molecule has 130 valence electrons. The third-order valence-corrected chi connectivity index (χ3v) is 4.76. The number of nitrogens with zero attached hydrogens (tertiary/aromatic N) is 3. The second-order valence-corrected chi connectivity index (χ2v) is 6.96. The van der Waals surface area contributed by atoms with Crippen molar-refractivity contribution in [3.05, 3.63) is 39.1 Å². The van der Waals surface area contributed by atoms with Gasteiger partial charge in [0.1, 0.15) is 0 Å². The predicted octanol–water partition coefficient (Wildman–Crippen LogP) is 1.71. The van der Waals surface area contributed by atoms with Crippen molar-refractivity contribution in [3.8, 4) is 0 Å². The molecule has 1 amide bonds. The Bertz CT molecular complexity index is 796. The highest BCUT2D eigenvalue weighted by atomic mass is 32.2. The van der Waals surface area contributed by atoms with Crippen LogP contribution in [0.5, 0.6) is 0 Å². The van der Waals surface area contributed by atoms with E-state index < -0.39 is 0 Å². The molecule has 0 aromatic carbocycles. The van der Waals surface area contributed by atoms with Crippen molar-refractivity contribution in [1.29, 1.82) is 0 Å². The number of carbonyl (C=O) groups is 1. The lowest BCUT2D eigenvalue weighted by atomic mass is 10.2. The fourth-order valence-electron chi connectivity index (χ4n) is 2.45. The summed E-state index contributed by atoms with van der Waals surface area (Å²) in [7, 11) is 0. The standard InChI is InChI=1S/C16H23N5O2S/c1-6-21-11(4)13(10(3)20-21)8-17-15(23)12(5)24-16-18-9(2)7-14(22)19-16/h7,12H,6,8H2,1-5H3,(H,17,23)(H,18,19,22)/t12-/m0/s1. The van der Waals surface area contributed by atoms with E-state index in [0.29, 0.717) is 17.4 Å². The molecule has 0 aliphatic heterocycles. The summed E-state index contributed by atoms with van der Waals surface area (Å²) in [5.74, 6) is -0.104. The van der Waals surface area contributed by atoms with Crippen molar-refractivity contribution in [2.45, 2.75) is 58.1 Å². The zero-order chi connectivity index (χ0) is 17.9. The van der Waals surface area contributed by atoms with Crippen LogP contribution in [0.4, 0.5) is 0 Å². The van der Waals surface area contributed by atoms with Crippen LogP contribution in [0.2, 0.25) is 0 Å². The summed E-state index contributed by atoms with van der Waals surface area (Å²) in [5.41, 5.74) is 3.47. The number of aryl methyl sites for hydroxylation is 3. The first-order valence-electron chi connectivity index (χ1n) is 7.87. The molecule has 2 aromatic rings. The maximum atomic E-state index is 12.3. The van der Waals surface area contributed by atoms with Gasteiger partial charge >= 0.3 is 0 Å². The zero-order valence-electron chi connectivity index (χ0n) is 14.6. The second kappa shape index (κ2) is 7.65. The molecule has 2 N–H and O–H groups in total. The Morgan fingerprint density at radius 2 is 2.12 bits per heavy atom. The molecule has 0 spiro atoms. The van der Waals surface area contributed by atoms with Crippen LogP contribution >= 0.6 is 11.8 Å². The molecule has 0 unspecified atom stereocenters. The molecule has 24 heavy (non-hydrogen) atoms. The minimum Gasteiger partial charge on any atom is -0.351 e. The van der Waals surface area contributed by atoms with E-state index >= 15 is 0 Å². The van der Waals surface area contributed by atoms with Crippen molar-refractivity contribution < 1.29 is 4.79 Å². The number of hydrogen-bond donors (Lipinski definition) is 2. The molecule has 0 bridgehead atoms. The number of rotatable bonds is 6. The van der Waals surface area contributed by atoms with E-state index in [0.717, 1.165) is 23.5 Å². The van der Waals surface area contributed by atoms with E-state index in [1.165, 1.54) is 17.8 Å². The van der Waals surface area contributed by atoms with E-state index in [1.54, 1.807) is 13.8 Å². The van der Waals surface area contributed by atoms with E-state index in [4.69, 9.17) is 0 Å². The van der Waals surface area contributed by atoms with E-state index in [9.17, 15) is 9.59 Å². The Kier molecular flexibility index (Phi) is 5.82. The summed E-state index contributed by atoms with van der Waals surface area (Å²) in [5, 5.41) is 7.47. The summed E-state index contributed by atoms with van der Waals surface area (Å²) in [4.78, 5) is 30.6. The fourth-order valence-corrected chi connectivity index (χ4v) is 3.33. The lowest BCUT2D eigenvalue weighted by Crippen LogP contribution is -2.31. The number of hydrogen-bond acceptors (Lipinski definition) is 5. The smallest absolute Gasteiger partial charge is 0.251 e. The van der Waals surface area contributed by atoms with Gasteiger partial charge in [-0.15, -0.1) is 0 Å². The molecule has 0 saturated heterocycles. The van der Waals surface area contributed by atoms with Crippen LogP contribution in [0.25, 0.3) is 0 Å². The minimum atomic E-state index is -0.364. The van der Waals surface area contributed by atoms with Gasteiger partial charge in [-0.25, -0.2) is 4.98 Å². The van der Waals surface area contributed by atoms with Crippen LogP contribution in [-0.2, 0) is 17.9 Å². The van der Waals surface area contributed by atoms with Crippen LogP contribution < -0.4 is 10.9 Å². The van der Waals surface area contributed by atoms with Crippen molar-refractivity contribution in [1.82, 2.24) is 25.1 Å². The first-order valence-corrected chi connectivity index (χ1v) is 8.75. The van der Waals surface area contributed by atoms with Gasteiger partial charge in [-0.3, -0.25) is 14.3 Å². The quantitative estimate of drug-likeness (QED) is 0.612. The van der Waals surface area contributed by atoms with E-state index in [-0.39, 0.29) is 16.7 Å². The van der Waals surface area contributed by atoms with Gasteiger partial charge in [0, 0.05) is 36.1 Å². The molecule has 8 heteroatoms. The molecule has 0 aliphatic carbocycles. The summed E-state index contributed by atoms with van der Waals surface area (Å²) in [6.07, 6.45) is 0. The molecule has 0 fully saturated rings. The number of thioether (sulfide) groups is 1. The maximum absolute atomic E-state index is 12.3. The Morgan fingerprint density at radius 1 is 1.42 bits per heavy atom. The Morgan fingerprint density at radius 3 is 2.71 bits per heavy atom. The van der Waals surface area contributed by atoms with Crippen LogP contribution in [0.1, 0.15) is 36.5 Å². The van der Waals surface area contributed by atoms with E-state index in [1.807, 2.05) is 25.5 Å². The monoisotopic (exact) mass is 349 g/mol. The molecule has 2 heterocycles. The van der Waals surface area contributed by atoms with Crippen LogP contribution in [-0.4, -0.2) is 30.9 Å². The number of aromatic amines is 1. The number of nitrogens with one attached hydrogen (secondary N) is 2. The van der Waals surface area contributed by atoms with Gasteiger partial charge in [0.2, 0.25) is 5.91 Å². The predicted molar refractivity (Wildman–Crippen MR) is 94.1 cm³/mol. The largest absolute Gasteiger partial charge is 0.351 e. The molecule has 2 rings (SSSR count). The average molecular weight is 349 g/mol. The maximum Gasteiger partial charge on any atom is 0.251 e. The molecular weight excluding hydrogens is 326 g/mol. The van der Waals surface area contributed by atoms with Crippen LogP contribution in [0.15, 0.2) is 16.0 Å². The molecule has 0 radical (unpaired) electrons. The highest BCUT2D eigenvalue weighted by molar-refractivity contribution is 8.00. The molecular formula is C16H23N5O2S. The normalized spacial score (nSPS) is 12.2. The third kappa shape index (κ3) is 4.25. The lowest BCUT2D eigenvalue weighted by Gasteiger charge is -2.12. The Labute approximate surface area is 145 Å². The topological polar surface area (TPSA) is 92.7 Å². The minimum absolute atomic E-state index is 0.104. The summed E-state index contributed by atoms with van der Waals surface area (Å²) in [6.45, 7) is 10.8. The van der Waals surface area contributed by atoms with Crippen molar-refractivity contribution >= 4 is 17.7 Å². The van der Waals surface area contributed by atoms with Gasteiger partial charge in [0.25, 0.3) is 5.56 Å². The molecule has 2 aromatic heterocycles. The highest BCUT2D eigenvalue weighted by Gasteiger charge is 2.17. The summed E-state index contributed by atoms with van der Waals surface area (Å²) < 4.78 is 1.93. The molecule has 0 aliphatic rings. The molecule has 1 atom stereocenters. The lowest BCUT2D eigenvalue weighted by molar-refractivity contribution is -0.120. The number of amides is 1. The van der Waals surface area contributed by atoms with Crippen molar-refractivity contribution in [2.75, 3.05) is 0 Å². The number of H-pyrrole nitrogens is 1. The van der Waals surface area contributed by atoms with Gasteiger partial charge in [-0.05, 0) is 34.6 Å². The molecule has 7 nitrogen and oxygen atoms in total. The van der Waals surface area contributed by atoms with Crippen molar-refractivity contribution in [2.24, 2.45) is 0 Å². The van der Waals surface area contributed by atoms with Crippen LogP contribution in [0, 0.1) is 20.8 Å². The van der Waals surface area contributed by atoms with Gasteiger partial charge in [0.05, 0.1) is 10.9 Å². The second-order valence-electron chi connectivity index (χ2n) is 5.63. The number of carbonyl (C=O) groups excluding carboxylic acids is 1. The first kappa shape index (κ1) is 18.3. The third-order valence-electron chi connectivity index (χ3n) is 3.78. The van der Waals surface area contributed by atoms with Gasteiger partial charge in [-0.2, -0.15) is 5.10 Å². The van der Waals surface area contributed by atoms with Gasteiger partial charge < -0.3 is 10.3 Å². The Balaban J connectivity index is 1.99. The summed E-state index contributed by atoms with van der Waals surface area (Å²) >= 11 is 1.23. The van der Waals surface area contributed by atoms with Crippen LogP contribution in [0.3, 0.4) is 0 Å². The zero-order valence-corrected chi connectivity index (χ0v) is 15.5. The number of aromatic nitrogens is 4. The average Bonchev–Trinajstić information content (AvgIpc) is 2.77. The first-order chi connectivity index (χ1) is 11.3. The van der Waals surface area contributed by atoms with Crippen molar-refractivity contribution in [3.63, 3.8) is 0 Å². The van der Waals surface area contributed by atoms with Gasteiger partial charge in [-0.1, -0.05) is 11.8 Å². The highest BCUT2D eigenvalue weighted by Crippen LogP contribution is 2.19. The fraction of sp³-hybridized carbons (Fsp3) is 0.500. The molecule has 0 saturated carbocycles.